The second-order valence-corrected chi connectivity index (χ2v) is 7.32. The van der Waals surface area contributed by atoms with Crippen molar-refractivity contribution in [1.82, 2.24) is 0 Å². The summed E-state index contributed by atoms with van der Waals surface area (Å²) in [5.74, 6) is 0.814. The van der Waals surface area contributed by atoms with Crippen LogP contribution in [0.1, 0.15) is 53.4 Å². The van der Waals surface area contributed by atoms with E-state index in [2.05, 4.69) is 31.4 Å². The lowest BCUT2D eigenvalue weighted by atomic mass is 9.71. The third kappa shape index (κ3) is 4.76. The maximum atomic E-state index is 11.0. The van der Waals surface area contributed by atoms with Crippen molar-refractivity contribution < 1.29 is 4.79 Å². The lowest BCUT2D eigenvalue weighted by Crippen LogP contribution is -2.31. The largest absolute Gasteiger partial charge is 0.382 e. The molecule has 1 amide bonds. The molecule has 0 unspecified atom stereocenters. The first-order chi connectivity index (χ1) is 9.84. The molecular formula is C18H28N2O. The van der Waals surface area contributed by atoms with Crippen molar-refractivity contribution in [2.24, 2.45) is 11.3 Å². The minimum Gasteiger partial charge on any atom is -0.382 e. The lowest BCUT2D eigenvalue weighted by molar-refractivity contribution is -0.114. The summed E-state index contributed by atoms with van der Waals surface area (Å²) in [6.07, 6.45) is 5.11. The molecule has 0 heterocycles. The van der Waals surface area contributed by atoms with Gasteiger partial charge < -0.3 is 10.6 Å². The molecule has 1 aliphatic carbocycles. The molecular weight excluding hydrogens is 260 g/mol. The van der Waals surface area contributed by atoms with Gasteiger partial charge in [0.2, 0.25) is 5.91 Å². The van der Waals surface area contributed by atoms with Crippen LogP contribution in [0.4, 0.5) is 11.4 Å². The second-order valence-electron chi connectivity index (χ2n) is 7.32. The van der Waals surface area contributed by atoms with Crippen LogP contribution >= 0.6 is 0 Å². The summed E-state index contributed by atoms with van der Waals surface area (Å²) in [5.41, 5.74) is 2.43. The Labute approximate surface area is 128 Å². The van der Waals surface area contributed by atoms with E-state index in [1.807, 2.05) is 24.3 Å². The topological polar surface area (TPSA) is 41.1 Å². The Morgan fingerprint density at radius 1 is 1.00 bits per heavy atom. The van der Waals surface area contributed by atoms with Gasteiger partial charge in [-0.25, -0.2) is 0 Å². The molecule has 0 radical (unpaired) electrons. The van der Waals surface area contributed by atoms with Crippen molar-refractivity contribution in [2.45, 2.75) is 59.4 Å². The van der Waals surface area contributed by atoms with Crippen LogP contribution in [0.5, 0.6) is 0 Å². The number of benzene rings is 1. The van der Waals surface area contributed by atoms with Crippen LogP contribution in [0.25, 0.3) is 0 Å². The van der Waals surface area contributed by atoms with Crippen molar-refractivity contribution in [3.63, 3.8) is 0 Å². The number of nitrogens with one attached hydrogen (secondary N) is 2. The van der Waals surface area contributed by atoms with E-state index in [4.69, 9.17) is 0 Å². The average molecular weight is 288 g/mol. The second kappa shape index (κ2) is 6.50. The monoisotopic (exact) mass is 288 g/mol. The van der Waals surface area contributed by atoms with E-state index in [0.717, 1.165) is 17.3 Å². The van der Waals surface area contributed by atoms with Crippen LogP contribution in [0.2, 0.25) is 0 Å². The van der Waals surface area contributed by atoms with E-state index in [0.29, 0.717) is 11.5 Å². The zero-order valence-corrected chi connectivity index (χ0v) is 13.7. The Bertz CT molecular complexity index is 465. The van der Waals surface area contributed by atoms with E-state index in [1.54, 1.807) is 0 Å². The Balaban J connectivity index is 1.85. The Morgan fingerprint density at radius 3 is 2.00 bits per heavy atom. The van der Waals surface area contributed by atoms with Crippen LogP contribution in [0.3, 0.4) is 0 Å². The van der Waals surface area contributed by atoms with E-state index >= 15 is 0 Å². The molecule has 3 heteroatoms. The molecule has 1 saturated carbocycles. The normalized spacial score (nSPS) is 22.7. The molecule has 0 atom stereocenters. The molecule has 0 saturated heterocycles. The fourth-order valence-corrected chi connectivity index (χ4v) is 3.19. The first-order valence-electron chi connectivity index (χ1n) is 7.99. The standard InChI is InChI=1S/C18H28N2O/c1-13(21)19-15-9-11-17(12-10-15)20-16-7-5-14(6-8-16)18(2,3)4/h9-12,14,16,20H,5-8H2,1-4H3,(H,19,21). The van der Waals surface area contributed by atoms with Gasteiger partial charge in [0.05, 0.1) is 0 Å². The molecule has 1 fully saturated rings. The number of rotatable bonds is 3. The fourth-order valence-electron chi connectivity index (χ4n) is 3.19. The van der Waals surface area contributed by atoms with Gasteiger partial charge in [-0.15, -0.1) is 0 Å². The first kappa shape index (κ1) is 15.9. The summed E-state index contributed by atoms with van der Waals surface area (Å²) in [4.78, 5) is 11.0. The lowest BCUT2D eigenvalue weighted by Gasteiger charge is -2.37. The van der Waals surface area contributed by atoms with Gasteiger partial charge in [-0.1, -0.05) is 20.8 Å². The summed E-state index contributed by atoms with van der Waals surface area (Å²) in [6.45, 7) is 8.59. The van der Waals surface area contributed by atoms with E-state index in [1.165, 1.54) is 32.6 Å². The van der Waals surface area contributed by atoms with Crippen molar-refractivity contribution in [1.29, 1.82) is 0 Å². The predicted octanol–water partition coefficient (Wildman–Crippen LogP) is 4.66. The van der Waals surface area contributed by atoms with Gasteiger partial charge in [-0.3, -0.25) is 4.79 Å². The number of carbonyl (C=O) groups excluding carboxylic acids is 1. The molecule has 1 aromatic rings. The van der Waals surface area contributed by atoms with Gasteiger partial charge in [0.1, 0.15) is 0 Å². The van der Waals surface area contributed by atoms with Crippen LogP contribution in [0, 0.1) is 11.3 Å². The minimum atomic E-state index is -0.0313. The molecule has 0 aromatic heterocycles. The molecule has 2 N–H and O–H groups in total. The molecule has 0 aliphatic heterocycles. The summed E-state index contributed by atoms with van der Waals surface area (Å²) in [7, 11) is 0. The van der Waals surface area contributed by atoms with Crippen LogP contribution in [-0.4, -0.2) is 11.9 Å². The van der Waals surface area contributed by atoms with Gasteiger partial charge in [0.15, 0.2) is 0 Å². The average Bonchev–Trinajstić information content (AvgIpc) is 2.40. The highest BCUT2D eigenvalue weighted by atomic mass is 16.1. The third-order valence-electron chi connectivity index (χ3n) is 4.53. The number of amides is 1. The molecule has 2 rings (SSSR count). The number of carbonyl (C=O) groups is 1. The molecule has 21 heavy (non-hydrogen) atoms. The van der Waals surface area contributed by atoms with Crippen molar-refractivity contribution in [3.05, 3.63) is 24.3 Å². The predicted molar refractivity (Wildman–Crippen MR) is 89.6 cm³/mol. The van der Waals surface area contributed by atoms with Gasteiger partial charge in [-0.05, 0) is 61.3 Å². The summed E-state index contributed by atoms with van der Waals surface area (Å²) in [6, 6.07) is 8.56. The highest BCUT2D eigenvalue weighted by molar-refractivity contribution is 5.88. The van der Waals surface area contributed by atoms with Crippen LogP contribution in [0.15, 0.2) is 24.3 Å². The number of hydrogen-bond donors (Lipinski definition) is 2. The van der Waals surface area contributed by atoms with Gasteiger partial charge in [0.25, 0.3) is 0 Å². The van der Waals surface area contributed by atoms with Crippen LogP contribution < -0.4 is 10.6 Å². The van der Waals surface area contributed by atoms with Crippen molar-refractivity contribution >= 4 is 17.3 Å². The first-order valence-corrected chi connectivity index (χ1v) is 7.99. The molecule has 0 bridgehead atoms. The SMILES string of the molecule is CC(=O)Nc1ccc(NC2CCC(C(C)(C)C)CC2)cc1. The molecule has 3 nitrogen and oxygen atoms in total. The number of anilines is 2. The summed E-state index contributed by atoms with van der Waals surface area (Å²) in [5, 5.41) is 6.41. The molecule has 0 spiro atoms. The zero-order chi connectivity index (χ0) is 15.5. The Kier molecular flexibility index (Phi) is 4.92. The maximum Gasteiger partial charge on any atom is 0.221 e. The molecule has 1 aromatic carbocycles. The smallest absolute Gasteiger partial charge is 0.221 e. The van der Waals surface area contributed by atoms with Gasteiger partial charge in [0, 0.05) is 24.3 Å². The Morgan fingerprint density at radius 2 is 1.52 bits per heavy atom. The summed E-state index contributed by atoms with van der Waals surface area (Å²) < 4.78 is 0. The molecule has 1 aliphatic rings. The van der Waals surface area contributed by atoms with Gasteiger partial charge in [-0.2, -0.15) is 0 Å². The van der Waals surface area contributed by atoms with Crippen LogP contribution in [-0.2, 0) is 4.79 Å². The van der Waals surface area contributed by atoms with E-state index in [9.17, 15) is 4.79 Å². The Hall–Kier alpha value is -1.51. The highest BCUT2D eigenvalue weighted by Gasteiger charge is 2.29. The quantitative estimate of drug-likeness (QED) is 0.849. The fraction of sp³-hybridized carbons (Fsp3) is 0.611. The van der Waals surface area contributed by atoms with E-state index in [-0.39, 0.29) is 5.91 Å². The van der Waals surface area contributed by atoms with Gasteiger partial charge >= 0.3 is 0 Å². The third-order valence-corrected chi connectivity index (χ3v) is 4.53. The van der Waals surface area contributed by atoms with Crippen molar-refractivity contribution in [2.75, 3.05) is 10.6 Å². The number of hydrogen-bond acceptors (Lipinski definition) is 2. The van der Waals surface area contributed by atoms with Crippen molar-refractivity contribution in [3.8, 4) is 0 Å². The zero-order valence-electron chi connectivity index (χ0n) is 13.7. The highest BCUT2D eigenvalue weighted by Crippen LogP contribution is 2.38. The summed E-state index contributed by atoms with van der Waals surface area (Å²) >= 11 is 0. The maximum absolute atomic E-state index is 11.0. The minimum absolute atomic E-state index is 0.0313. The molecule has 116 valence electrons. The van der Waals surface area contributed by atoms with E-state index < -0.39 is 0 Å².